The molecule has 0 fully saturated rings. The second-order valence-electron chi connectivity index (χ2n) is 7.25. The summed E-state index contributed by atoms with van der Waals surface area (Å²) >= 11 is 0. The summed E-state index contributed by atoms with van der Waals surface area (Å²) in [5, 5.41) is 16.3. The van der Waals surface area contributed by atoms with Crippen molar-refractivity contribution in [2.75, 3.05) is 6.61 Å². The number of aliphatic hydroxyl groups excluding tert-OH is 1. The van der Waals surface area contributed by atoms with Crippen LogP contribution in [0, 0.1) is 0 Å². The van der Waals surface area contributed by atoms with Crippen molar-refractivity contribution < 1.29 is 23.1 Å². The molecule has 0 radical (unpaired) electrons. The molecule has 3 N–H and O–H groups in total. The van der Waals surface area contributed by atoms with Crippen LogP contribution in [0.15, 0.2) is 30.7 Å². The van der Waals surface area contributed by atoms with Gasteiger partial charge in [-0.05, 0) is 29.5 Å². The number of amides is 1. The monoisotopic (exact) mass is 409 g/mol. The summed E-state index contributed by atoms with van der Waals surface area (Å²) < 4.78 is 42.5. The summed E-state index contributed by atoms with van der Waals surface area (Å²) in [6, 6.07) is 3.67. The molecule has 0 aromatic carbocycles. The minimum Gasteiger partial charge on any atom is -0.396 e. The Morgan fingerprint density at radius 3 is 2.55 bits per heavy atom. The van der Waals surface area contributed by atoms with Gasteiger partial charge in [0.05, 0.1) is 17.8 Å². The van der Waals surface area contributed by atoms with Gasteiger partial charge < -0.3 is 15.2 Å². The quantitative estimate of drug-likeness (QED) is 0.627. The van der Waals surface area contributed by atoms with Gasteiger partial charge in [-0.1, -0.05) is 25.1 Å². The Labute approximate surface area is 164 Å². The van der Waals surface area contributed by atoms with Crippen molar-refractivity contribution in [2.24, 2.45) is 5.73 Å². The van der Waals surface area contributed by atoms with Crippen LogP contribution in [-0.4, -0.2) is 43.2 Å². The highest BCUT2D eigenvalue weighted by Gasteiger charge is 2.42. The first-order valence-electron chi connectivity index (χ1n) is 9.12. The van der Waals surface area contributed by atoms with Gasteiger partial charge >= 0.3 is 6.18 Å². The van der Waals surface area contributed by atoms with E-state index in [2.05, 4.69) is 10.3 Å². The number of alkyl halides is 3. The molecule has 0 saturated heterocycles. The number of nitrogens with two attached hydrogens (primary N) is 1. The molecule has 10 heteroatoms. The number of hydrogen-bond donors (Lipinski definition) is 2. The van der Waals surface area contributed by atoms with E-state index in [1.807, 2.05) is 26.0 Å². The van der Waals surface area contributed by atoms with Crippen molar-refractivity contribution in [1.29, 1.82) is 0 Å². The molecule has 3 rings (SSSR count). The lowest BCUT2D eigenvalue weighted by atomic mass is 9.99. The first kappa shape index (κ1) is 20.8. The fraction of sp³-hybridized carbons (Fsp3) is 0.421. The molecule has 0 spiro atoms. The SMILES string of the molecule is CC(C)c1c(C(N)=O)cn2cc(Cn3cc(C(CCO)C(F)(F)F)nn3)ccc12. The van der Waals surface area contributed by atoms with E-state index >= 15 is 0 Å². The van der Waals surface area contributed by atoms with Gasteiger partial charge in [-0.3, -0.25) is 4.79 Å². The molecule has 7 nitrogen and oxygen atoms in total. The van der Waals surface area contributed by atoms with Crippen LogP contribution in [0.25, 0.3) is 5.52 Å². The third-order valence-corrected chi connectivity index (χ3v) is 4.79. The van der Waals surface area contributed by atoms with E-state index in [0.29, 0.717) is 5.56 Å². The number of halogens is 3. The molecule has 0 aliphatic rings. The number of fused-ring (bicyclic) bond motifs is 1. The minimum atomic E-state index is -4.51. The number of carbonyl (C=O) groups excluding carboxylic acids is 1. The smallest absolute Gasteiger partial charge is 0.396 e. The number of aromatic nitrogens is 4. The highest BCUT2D eigenvalue weighted by Crippen LogP contribution is 2.36. The van der Waals surface area contributed by atoms with E-state index in [1.54, 1.807) is 16.8 Å². The Hall–Kier alpha value is -2.88. The maximum atomic E-state index is 13.1. The zero-order valence-corrected chi connectivity index (χ0v) is 16.0. The van der Waals surface area contributed by atoms with Crippen molar-refractivity contribution in [3.8, 4) is 0 Å². The van der Waals surface area contributed by atoms with Crippen molar-refractivity contribution in [3.63, 3.8) is 0 Å². The van der Waals surface area contributed by atoms with Crippen LogP contribution in [0.2, 0.25) is 0 Å². The van der Waals surface area contributed by atoms with Crippen LogP contribution in [0.1, 0.15) is 59.3 Å². The molecule has 1 amide bonds. The second kappa shape index (κ2) is 7.86. The van der Waals surface area contributed by atoms with Gasteiger partial charge in [0, 0.05) is 30.7 Å². The van der Waals surface area contributed by atoms with Crippen molar-refractivity contribution >= 4 is 11.4 Å². The molecule has 1 unspecified atom stereocenters. The number of carbonyl (C=O) groups is 1. The first-order chi connectivity index (χ1) is 13.6. The second-order valence-corrected chi connectivity index (χ2v) is 7.25. The van der Waals surface area contributed by atoms with Gasteiger partial charge in [0.1, 0.15) is 5.92 Å². The highest BCUT2D eigenvalue weighted by atomic mass is 19.4. The van der Waals surface area contributed by atoms with Gasteiger partial charge in [-0.15, -0.1) is 5.10 Å². The number of pyridine rings is 1. The fourth-order valence-electron chi connectivity index (χ4n) is 3.49. The average Bonchev–Trinajstić information content (AvgIpc) is 3.22. The normalized spacial score (nSPS) is 13.3. The summed E-state index contributed by atoms with van der Waals surface area (Å²) in [5.74, 6) is -2.28. The van der Waals surface area contributed by atoms with E-state index < -0.39 is 31.0 Å². The van der Waals surface area contributed by atoms with Gasteiger partial charge in [-0.25, -0.2) is 4.68 Å². The van der Waals surface area contributed by atoms with Gasteiger partial charge in [0.2, 0.25) is 0 Å². The molecule has 29 heavy (non-hydrogen) atoms. The van der Waals surface area contributed by atoms with E-state index in [1.165, 1.54) is 10.9 Å². The Morgan fingerprint density at radius 1 is 1.24 bits per heavy atom. The number of hydrogen-bond acceptors (Lipinski definition) is 4. The van der Waals surface area contributed by atoms with Gasteiger partial charge in [0.25, 0.3) is 5.91 Å². The Morgan fingerprint density at radius 2 is 1.97 bits per heavy atom. The largest absolute Gasteiger partial charge is 0.397 e. The molecule has 3 heterocycles. The van der Waals surface area contributed by atoms with Crippen molar-refractivity contribution in [3.05, 3.63) is 53.1 Å². The summed E-state index contributed by atoms with van der Waals surface area (Å²) in [5.41, 5.74) is 8.16. The number of primary amides is 1. The van der Waals surface area contributed by atoms with Crippen LogP contribution < -0.4 is 5.73 Å². The molecule has 0 aliphatic heterocycles. The summed E-state index contributed by atoms with van der Waals surface area (Å²) in [6.07, 6.45) is -0.298. The predicted octanol–water partition coefficient (Wildman–Crippen LogP) is 2.83. The van der Waals surface area contributed by atoms with Crippen LogP contribution in [0.3, 0.4) is 0 Å². The van der Waals surface area contributed by atoms with E-state index in [9.17, 15) is 18.0 Å². The maximum Gasteiger partial charge on any atom is 0.397 e. The molecule has 0 saturated carbocycles. The number of aliphatic hydroxyl groups is 1. The standard InChI is InChI=1S/C19H22F3N5O2/c1-11(2)17-13(18(23)29)9-26-7-12(3-4-16(17)26)8-27-10-15(24-25-27)14(5-6-28)19(20,21)22/h3-4,7,9-11,14,28H,5-6,8H2,1-2H3,(H2,23,29). The highest BCUT2D eigenvalue weighted by molar-refractivity contribution is 5.97. The third kappa shape index (κ3) is 4.26. The molecule has 156 valence electrons. The molecule has 0 bridgehead atoms. The van der Waals surface area contributed by atoms with Crippen LogP contribution >= 0.6 is 0 Å². The van der Waals surface area contributed by atoms with Gasteiger partial charge in [0.15, 0.2) is 0 Å². The predicted molar refractivity (Wildman–Crippen MR) is 99.6 cm³/mol. The topological polar surface area (TPSA) is 98.4 Å². The third-order valence-electron chi connectivity index (χ3n) is 4.79. The maximum absolute atomic E-state index is 13.1. The molecule has 1 atom stereocenters. The minimum absolute atomic E-state index is 0.0945. The van der Waals surface area contributed by atoms with E-state index in [0.717, 1.165) is 16.6 Å². The number of rotatable bonds is 7. The molecular weight excluding hydrogens is 387 g/mol. The van der Waals surface area contributed by atoms with E-state index in [-0.39, 0.29) is 18.2 Å². The lowest BCUT2D eigenvalue weighted by Gasteiger charge is -2.16. The number of nitrogens with zero attached hydrogens (tertiary/aromatic N) is 4. The average molecular weight is 409 g/mol. The summed E-state index contributed by atoms with van der Waals surface area (Å²) in [7, 11) is 0. The first-order valence-corrected chi connectivity index (χ1v) is 9.12. The van der Waals surface area contributed by atoms with Crippen LogP contribution in [-0.2, 0) is 6.54 Å². The van der Waals surface area contributed by atoms with Gasteiger partial charge in [-0.2, -0.15) is 13.2 Å². The lowest BCUT2D eigenvalue weighted by Crippen LogP contribution is -2.22. The molecule has 0 aliphatic carbocycles. The Bertz CT molecular complexity index is 1020. The van der Waals surface area contributed by atoms with Crippen LogP contribution in [0.5, 0.6) is 0 Å². The zero-order valence-electron chi connectivity index (χ0n) is 16.0. The molecule has 3 aromatic rings. The lowest BCUT2D eigenvalue weighted by molar-refractivity contribution is -0.154. The van der Waals surface area contributed by atoms with Crippen LogP contribution in [0.4, 0.5) is 13.2 Å². The Kier molecular flexibility index (Phi) is 5.65. The summed E-state index contributed by atoms with van der Waals surface area (Å²) in [4.78, 5) is 11.7. The summed E-state index contributed by atoms with van der Waals surface area (Å²) in [6.45, 7) is 3.54. The zero-order chi connectivity index (χ0) is 21.3. The fourth-order valence-corrected chi connectivity index (χ4v) is 3.49. The van der Waals surface area contributed by atoms with Crippen molar-refractivity contribution in [1.82, 2.24) is 19.4 Å². The molecule has 3 aromatic heterocycles. The van der Waals surface area contributed by atoms with Crippen molar-refractivity contribution in [2.45, 2.75) is 44.8 Å². The van der Waals surface area contributed by atoms with E-state index in [4.69, 9.17) is 10.8 Å². The molecular formula is C19H22F3N5O2. The Balaban J connectivity index is 1.89.